The van der Waals surface area contributed by atoms with Crippen LogP contribution in [0.1, 0.15) is 27.6 Å². The van der Waals surface area contributed by atoms with Gasteiger partial charge >= 0.3 is 0 Å². The summed E-state index contributed by atoms with van der Waals surface area (Å²) in [6.07, 6.45) is 0. The van der Waals surface area contributed by atoms with Crippen LogP contribution >= 0.6 is 27.3 Å². The zero-order valence-electron chi connectivity index (χ0n) is 12.0. The Morgan fingerprint density at radius 2 is 1.65 bits per heavy atom. The Kier molecular flexibility index (Phi) is 4.73. The van der Waals surface area contributed by atoms with Gasteiger partial charge in [-0.05, 0) is 64.7 Å². The van der Waals surface area contributed by atoms with Crippen molar-refractivity contribution in [2.75, 3.05) is 14.2 Å². The van der Waals surface area contributed by atoms with Crippen LogP contribution in [0.2, 0.25) is 0 Å². The van der Waals surface area contributed by atoms with Crippen LogP contribution in [0.3, 0.4) is 0 Å². The van der Waals surface area contributed by atoms with E-state index in [0.717, 1.165) is 25.5 Å². The smallest absolute Gasteiger partial charge is 0.161 e. The van der Waals surface area contributed by atoms with E-state index in [1.165, 1.54) is 5.56 Å². The summed E-state index contributed by atoms with van der Waals surface area (Å²) in [5.74, 6) is 1.43. The van der Waals surface area contributed by atoms with Gasteiger partial charge in [0.05, 0.1) is 24.0 Å². The van der Waals surface area contributed by atoms with E-state index in [1.807, 2.05) is 19.1 Å². The monoisotopic (exact) mass is 355 g/mol. The van der Waals surface area contributed by atoms with Gasteiger partial charge in [0.15, 0.2) is 11.5 Å². The third kappa shape index (κ3) is 2.85. The van der Waals surface area contributed by atoms with Gasteiger partial charge in [-0.25, -0.2) is 0 Å². The van der Waals surface area contributed by atoms with Crippen molar-refractivity contribution in [2.45, 2.75) is 19.9 Å². The molecule has 5 heteroatoms. The number of rotatable bonds is 4. The van der Waals surface area contributed by atoms with Gasteiger partial charge in [0.2, 0.25) is 0 Å². The number of hydrogen-bond acceptors (Lipinski definition) is 4. The molecule has 0 fully saturated rings. The molecule has 0 aliphatic carbocycles. The van der Waals surface area contributed by atoms with E-state index >= 15 is 0 Å². The number of ether oxygens (including phenoxy) is 2. The highest BCUT2D eigenvalue weighted by Crippen LogP contribution is 2.37. The molecule has 2 aromatic rings. The summed E-state index contributed by atoms with van der Waals surface area (Å²) < 4.78 is 11.8. The number of thiophene rings is 1. The molecular weight excluding hydrogens is 338 g/mol. The van der Waals surface area contributed by atoms with Gasteiger partial charge in [0.25, 0.3) is 0 Å². The molecule has 20 heavy (non-hydrogen) atoms. The predicted octanol–water partition coefficient (Wildman–Crippen LogP) is 4.19. The third-order valence-corrected chi connectivity index (χ3v) is 5.51. The molecule has 1 aromatic heterocycles. The predicted molar refractivity (Wildman–Crippen MR) is 87.1 cm³/mol. The van der Waals surface area contributed by atoms with E-state index in [2.05, 4.69) is 28.9 Å². The molecular formula is C15H18BrNO2S. The Morgan fingerprint density at radius 3 is 2.15 bits per heavy atom. The molecule has 1 unspecified atom stereocenters. The Hall–Kier alpha value is -1.04. The van der Waals surface area contributed by atoms with Crippen molar-refractivity contribution in [3.63, 3.8) is 0 Å². The van der Waals surface area contributed by atoms with Crippen LogP contribution in [-0.2, 0) is 0 Å². The van der Waals surface area contributed by atoms with Gasteiger partial charge in [-0.15, -0.1) is 11.3 Å². The van der Waals surface area contributed by atoms with Gasteiger partial charge < -0.3 is 15.2 Å². The lowest BCUT2D eigenvalue weighted by atomic mass is 9.99. The summed E-state index contributed by atoms with van der Waals surface area (Å²) in [5.41, 5.74) is 9.76. The number of methoxy groups -OCH3 is 2. The molecule has 0 saturated heterocycles. The van der Waals surface area contributed by atoms with Gasteiger partial charge in [-0.3, -0.25) is 0 Å². The highest BCUT2D eigenvalue weighted by atomic mass is 79.9. The standard InChI is InChI=1S/C15H18BrNO2S/c1-8-5-11(18-3)12(19-4)7-10(8)14(17)13-6-9(2)15(16)20-13/h5-7,14H,17H2,1-4H3. The fraction of sp³-hybridized carbons (Fsp3) is 0.333. The molecule has 2 N–H and O–H groups in total. The van der Waals surface area contributed by atoms with Crippen LogP contribution in [0.25, 0.3) is 0 Å². The van der Waals surface area contributed by atoms with Crippen LogP contribution in [0.4, 0.5) is 0 Å². The molecule has 0 spiro atoms. The van der Waals surface area contributed by atoms with Crippen molar-refractivity contribution in [1.29, 1.82) is 0 Å². The molecule has 1 heterocycles. The highest BCUT2D eigenvalue weighted by molar-refractivity contribution is 9.11. The van der Waals surface area contributed by atoms with Crippen LogP contribution < -0.4 is 15.2 Å². The normalized spacial score (nSPS) is 12.3. The molecule has 0 saturated carbocycles. The zero-order chi connectivity index (χ0) is 14.9. The van der Waals surface area contributed by atoms with Crippen molar-refractivity contribution >= 4 is 27.3 Å². The SMILES string of the molecule is COc1cc(C)c(C(N)c2cc(C)c(Br)s2)cc1OC. The van der Waals surface area contributed by atoms with Crippen LogP contribution in [-0.4, -0.2) is 14.2 Å². The second kappa shape index (κ2) is 6.16. The van der Waals surface area contributed by atoms with Crippen molar-refractivity contribution in [3.8, 4) is 11.5 Å². The Morgan fingerprint density at radius 1 is 1.05 bits per heavy atom. The fourth-order valence-corrected chi connectivity index (χ4v) is 3.71. The summed E-state index contributed by atoms with van der Waals surface area (Å²) in [5, 5.41) is 0. The fourth-order valence-electron chi connectivity index (χ4n) is 2.12. The number of benzene rings is 1. The van der Waals surface area contributed by atoms with E-state index in [1.54, 1.807) is 25.6 Å². The first-order chi connectivity index (χ1) is 9.47. The number of nitrogens with two attached hydrogens (primary N) is 1. The van der Waals surface area contributed by atoms with Gasteiger partial charge in [0, 0.05) is 4.88 Å². The summed E-state index contributed by atoms with van der Waals surface area (Å²) >= 11 is 5.21. The topological polar surface area (TPSA) is 44.5 Å². The highest BCUT2D eigenvalue weighted by Gasteiger charge is 2.18. The second-order valence-corrected chi connectivity index (χ2v) is 7.05. The van der Waals surface area contributed by atoms with E-state index in [4.69, 9.17) is 15.2 Å². The van der Waals surface area contributed by atoms with Gasteiger partial charge in [-0.2, -0.15) is 0 Å². The van der Waals surface area contributed by atoms with E-state index < -0.39 is 0 Å². The Balaban J connectivity index is 2.46. The summed E-state index contributed by atoms with van der Waals surface area (Å²) in [7, 11) is 3.27. The lowest BCUT2D eigenvalue weighted by molar-refractivity contribution is 0.354. The minimum atomic E-state index is -0.162. The largest absolute Gasteiger partial charge is 0.493 e. The quantitative estimate of drug-likeness (QED) is 0.893. The molecule has 1 atom stereocenters. The number of aryl methyl sites for hydroxylation is 2. The molecule has 108 valence electrons. The lowest BCUT2D eigenvalue weighted by Crippen LogP contribution is -2.12. The molecule has 1 aromatic carbocycles. The molecule has 0 radical (unpaired) electrons. The van der Waals surface area contributed by atoms with Crippen molar-refractivity contribution < 1.29 is 9.47 Å². The Bertz CT molecular complexity index is 605. The third-order valence-electron chi connectivity index (χ3n) is 3.29. The Labute approximate surface area is 131 Å². The average molecular weight is 356 g/mol. The maximum Gasteiger partial charge on any atom is 0.161 e. The van der Waals surface area contributed by atoms with Crippen molar-refractivity contribution in [1.82, 2.24) is 0 Å². The van der Waals surface area contributed by atoms with Gasteiger partial charge in [-0.1, -0.05) is 0 Å². The number of halogens is 1. The van der Waals surface area contributed by atoms with Crippen LogP contribution in [0.5, 0.6) is 11.5 Å². The lowest BCUT2D eigenvalue weighted by Gasteiger charge is -2.17. The van der Waals surface area contributed by atoms with Gasteiger partial charge in [0.1, 0.15) is 0 Å². The van der Waals surface area contributed by atoms with Crippen LogP contribution in [0, 0.1) is 13.8 Å². The molecule has 0 amide bonds. The molecule has 2 rings (SSSR count). The first-order valence-electron chi connectivity index (χ1n) is 6.21. The maximum absolute atomic E-state index is 6.41. The summed E-state index contributed by atoms with van der Waals surface area (Å²) in [6, 6.07) is 5.88. The van der Waals surface area contributed by atoms with E-state index in [9.17, 15) is 0 Å². The average Bonchev–Trinajstić information content (AvgIpc) is 2.77. The van der Waals surface area contributed by atoms with E-state index in [-0.39, 0.29) is 6.04 Å². The van der Waals surface area contributed by atoms with Crippen molar-refractivity contribution in [3.05, 3.63) is 43.6 Å². The maximum atomic E-state index is 6.41. The van der Waals surface area contributed by atoms with Crippen LogP contribution in [0.15, 0.2) is 22.0 Å². The molecule has 0 aliphatic heterocycles. The first kappa shape index (κ1) is 15.4. The van der Waals surface area contributed by atoms with E-state index in [0.29, 0.717) is 5.75 Å². The first-order valence-corrected chi connectivity index (χ1v) is 7.82. The summed E-state index contributed by atoms with van der Waals surface area (Å²) in [6.45, 7) is 4.10. The number of hydrogen-bond donors (Lipinski definition) is 1. The minimum Gasteiger partial charge on any atom is -0.493 e. The minimum absolute atomic E-state index is 0.162. The zero-order valence-corrected chi connectivity index (χ0v) is 14.4. The molecule has 3 nitrogen and oxygen atoms in total. The molecule has 0 aliphatic rings. The second-order valence-electron chi connectivity index (χ2n) is 4.65. The summed E-state index contributed by atoms with van der Waals surface area (Å²) in [4.78, 5) is 1.13. The molecule has 0 bridgehead atoms. The van der Waals surface area contributed by atoms with Crippen molar-refractivity contribution in [2.24, 2.45) is 5.73 Å².